The maximum atomic E-state index is 12.3. The maximum Gasteiger partial charge on any atom is 0.306 e. The molecule has 0 saturated carbocycles. The summed E-state index contributed by atoms with van der Waals surface area (Å²) in [6.45, 7) is 3.12. The van der Waals surface area contributed by atoms with Crippen molar-refractivity contribution in [2.75, 3.05) is 33.4 Å². The summed E-state index contributed by atoms with van der Waals surface area (Å²) < 4.78 is 17.6. The summed E-state index contributed by atoms with van der Waals surface area (Å²) >= 11 is 0. The van der Waals surface area contributed by atoms with Gasteiger partial charge in [0.15, 0.2) is 5.76 Å². The van der Waals surface area contributed by atoms with Crippen LogP contribution in [0, 0.1) is 0 Å². The van der Waals surface area contributed by atoms with Crippen molar-refractivity contribution in [1.29, 1.82) is 0 Å². The second kappa shape index (κ2) is 8.36. The molecule has 1 fully saturated rings. The Morgan fingerprint density at radius 2 is 2.15 bits per heavy atom. The number of aromatic hydroxyl groups is 1. The number of nitrogens with zero attached hydrogens (tertiary/aromatic N) is 3. The van der Waals surface area contributed by atoms with E-state index in [0.717, 1.165) is 13.1 Å². The highest BCUT2D eigenvalue weighted by atomic mass is 16.5. The molecule has 27 heavy (non-hydrogen) atoms. The average molecular weight is 377 g/mol. The van der Waals surface area contributed by atoms with Gasteiger partial charge in [0, 0.05) is 38.1 Å². The van der Waals surface area contributed by atoms with E-state index in [0.29, 0.717) is 31.2 Å². The molecule has 9 heteroatoms. The monoisotopic (exact) mass is 377 g/mol. The van der Waals surface area contributed by atoms with Crippen LogP contribution in [-0.4, -0.2) is 59.2 Å². The third-order valence-corrected chi connectivity index (χ3v) is 4.61. The molecular formula is C18H23N3O6. The largest absolute Gasteiger partial charge is 0.502 e. The highest BCUT2D eigenvalue weighted by Gasteiger charge is 2.29. The molecule has 1 atom stereocenters. The van der Waals surface area contributed by atoms with E-state index in [-0.39, 0.29) is 12.2 Å². The quantitative estimate of drug-likeness (QED) is 0.730. The van der Waals surface area contributed by atoms with Gasteiger partial charge >= 0.3 is 5.97 Å². The van der Waals surface area contributed by atoms with Crippen molar-refractivity contribution in [2.24, 2.45) is 7.05 Å². The first kappa shape index (κ1) is 19.1. The van der Waals surface area contributed by atoms with E-state index in [4.69, 9.17) is 13.9 Å². The van der Waals surface area contributed by atoms with Gasteiger partial charge in [-0.3, -0.25) is 19.2 Å². The molecule has 0 spiro atoms. The third-order valence-electron chi connectivity index (χ3n) is 4.61. The molecule has 9 nitrogen and oxygen atoms in total. The zero-order chi connectivity index (χ0) is 19.4. The molecule has 0 amide bonds. The molecule has 1 saturated heterocycles. The molecule has 3 rings (SSSR count). The number of carbonyl (C=O) groups excluding carboxylic acids is 1. The van der Waals surface area contributed by atoms with Crippen molar-refractivity contribution in [3.05, 3.63) is 45.8 Å². The Kier molecular flexibility index (Phi) is 5.92. The van der Waals surface area contributed by atoms with Crippen molar-refractivity contribution >= 4 is 5.97 Å². The zero-order valence-corrected chi connectivity index (χ0v) is 15.4. The first-order valence-electron chi connectivity index (χ1n) is 8.70. The number of rotatable bonds is 6. The van der Waals surface area contributed by atoms with Gasteiger partial charge in [-0.15, -0.1) is 0 Å². The van der Waals surface area contributed by atoms with Crippen molar-refractivity contribution in [3.63, 3.8) is 0 Å². The maximum absolute atomic E-state index is 12.3. The number of methoxy groups -OCH3 is 1. The van der Waals surface area contributed by atoms with E-state index in [1.807, 2.05) is 0 Å². The fourth-order valence-electron chi connectivity index (χ4n) is 3.16. The van der Waals surface area contributed by atoms with Crippen molar-refractivity contribution in [1.82, 2.24) is 14.7 Å². The second-order valence-electron chi connectivity index (χ2n) is 6.39. The molecule has 1 N–H and O–H groups in total. The molecule has 0 aromatic carbocycles. The minimum atomic E-state index is -0.692. The Morgan fingerprint density at radius 3 is 2.78 bits per heavy atom. The molecule has 0 aliphatic carbocycles. The minimum absolute atomic E-state index is 0.0414. The molecule has 0 unspecified atom stereocenters. The summed E-state index contributed by atoms with van der Waals surface area (Å²) in [5.74, 6) is -1.22. The van der Waals surface area contributed by atoms with E-state index >= 15 is 0 Å². The summed E-state index contributed by atoms with van der Waals surface area (Å²) in [7, 11) is 3.00. The molecule has 1 aliphatic heterocycles. The minimum Gasteiger partial charge on any atom is -0.502 e. The molecule has 146 valence electrons. The summed E-state index contributed by atoms with van der Waals surface area (Å²) in [5.41, 5.74) is 0.0823. The lowest BCUT2D eigenvalue weighted by molar-refractivity contribution is -0.141. The van der Waals surface area contributed by atoms with Gasteiger partial charge in [0.2, 0.25) is 11.2 Å². The Labute approximate surface area is 156 Å². The van der Waals surface area contributed by atoms with Gasteiger partial charge in [0.25, 0.3) is 0 Å². The smallest absolute Gasteiger partial charge is 0.306 e. The van der Waals surface area contributed by atoms with E-state index < -0.39 is 23.1 Å². The lowest BCUT2D eigenvalue weighted by Crippen LogP contribution is -2.35. The molecule has 0 bridgehead atoms. The third kappa shape index (κ3) is 4.37. The lowest BCUT2D eigenvalue weighted by Gasteiger charge is -2.26. The van der Waals surface area contributed by atoms with Crippen LogP contribution >= 0.6 is 0 Å². The second-order valence-corrected chi connectivity index (χ2v) is 6.39. The number of morpholine rings is 1. The standard InChI is InChI=1S/C18H23N3O6/c1-20-14(3-4-19-20)13(10-16(23)25-2)18-17(24)15(22)9-12(27-18)11-21-5-7-26-8-6-21/h3-4,9,13,24H,5-8,10-11H2,1-2H3/t13-/m1/s1. The fraction of sp³-hybridized carbons (Fsp3) is 0.500. The Morgan fingerprint density at radius 1 is 1.41 bits per heavy atom. The highest BCUT2D eigenvalue weighted by Crippen LogP contribution is 2.33. The van der Waals surface area contributed by atoms with Crippen LogP contribution in [0.3, 0.4) is 0 Å². The first-order valence-corrected chi connectivity index (χ1v) is 8.70. The van der Waals surface area contributed by atoms with Crippen LogP contribution < -0.4 is 5.43 Å². The predicted molar refractivity (Wildman–Crippen MR) is 94.4 cm³/mol. The van der Waals surface area contributed by atoms with Gasteiger partial charge in [0.1, 0.15) is 5.76 Å². The van der Waals surface area contributed by atoms with Gasteiger partial charge in [-0.25, -0.2) is 0 Å². The number of hydrogen-bond donors (Lipinski definition) is 1. The van der Waals surface area contributed by atoms with E-state index in [1.165, 1.54) is 13.2 Å². The number of ether oxygens (including phenoxy) is 2. The van der Waals surface area contributed by atoms with Crippen molar-refractivity contribution in [2.45, 2.75) is 18.9 Å². The summed E-state index contributed by atoms with van der Waals surface area (Å²) in [6.07, 6.45) is 1.49. The van der Waals surface area contributed by atoms with Crippen LogP contribution in [0.4, 0.5) is 0 Å². The van der Waals surface area contributed by atoms with Crippen LogP contribution in [0.25, 0.3) is 0 Å². The Bertz CT molecular complexity index is 853. The Hall–Kier alpha value is -2.65. The number of carbonyl (C=O) groups is 1. The predicted octanol–water partition coefficient (Wildman–Crippen LogP) is 0.606. The molecule has 0 radical (unpaired) electrons. The Balaban J connectivity index is 1.98. The number of aryl methyl sites for hydroxylation is 1. The summed E-state index contributed by atoms with van der Waals surface area (Å²) in [5, 5.41) is 14.5. The topological polar surface area (TPSA) is 107 Å². The van der Waals surface area contributed by atoms with Crippen LogP contribution in [0.15, 0.2) is 27.5 Å². The zero-order valence-electron chi connectivity index (χ0n) is 15.4. The van der Waals surface area contributed by atoms with E-state index in [9.17, 15) is 14.7 Å². The van der Waals surface area contributed by atoms with Crippen LogP contribution in [-0.2, 0) is 27.9 Å². The average Bonchev–Trinajstić information content (AvgIpc) is 3.09. The van der Waals surface area contributed by atoms with Gasteiger partial charge in [-0.2, -0.15) is 5.10 Å². The van der Waals surface area contributed by atoms with Crippen molar-refractivity contribution < 1.29 is 23.8 Å². The van der Waals surface area contributed by atoms with E-state index in [2.05, 4.69) is 10.00 Å². The number of esters is 1. The van der Waals surface area contributed by atoms with Gasteiger partial charge < -0.3 is 19.0 Å². The normalized spacial score (nSPS) is 16.2. The highest BCUT2D eigenvalue weighted by molar-refractivity contribution is 5.71. The summed E-state index contributed by atoms with van der Waals surface area (Å²) in [6, 6.07) is 2.99. The molecular weight excluding hydrogens is 354 g/mol. The SMILES string of the molecule is COC(=O)C[C@@H](c1oc(CN2CCOCC2)cc(=O)c1O)c1ccnn1C. The van der Waals surface area contributed by atoms with Crippen LogP contribution in [0.5, 0.6) is 5.75 Å². The van der Waals surface area contributed by atoms with Crippen molar-refractivity contribution in [3.8, 4) is 5.75 Å². The number of aromatic nitrogens is 2. The first-order chi connectivity index (χ1) is 13.0. The molecule has 2 aromatic rings. The van der Waals surface area contributed by atoms with E-state index in [1.54, 1.807) is 24.0 Å². The summed E-state index contributed by atoms with van der Waals surface area (Å²) in [4.78, 5) is 26.3. The van der Waals surface area contributed by atoms with Gasteiger partial charge in [0.05, 0.1) is 39.2 Å². The molecule has 2 aromatic heterocycles. The molecule has 1 aliphatic rings. The van der Waals surface area contributed by atoms with Crippen LogP contribution in [0.1, 0.15) is 29.6 Å². The van der Waals surface area contributed by atoms with Gasteiger partial charge in [-0.05, 0) is 6.07 Å². The molecule has 3 heterocycles. The fourth-order valence-corrected chi connectivity index (χ4v) is 3.16. The number of hydrogen-bond acceptors (Lipinski definition) is 8. The van der Waals surface area contributed by atoms with Crippen LogP contribution in [0.2, 0.25) is 0 Å². The van der Waals surface area contributed by atoms with Gasteiger partial charge in [-0.1, -0.05) is 0 Å². The lowest BCUT2D eigenvalue weighted by atomic mass is 9.97.